The monoisotopic (exact) mass is 436 g/mol. The van der Waals surface area contributed by atoms with Crippen LogP contribution in [0.2, 0.25) is 0 Å². The molecule has 3 unspecified atom stereocenters. The highest BCUT2D eigenvalue weighted by atomic mass is 19.4. The molecule has 1 aliphatic rings. The van der Waals surface area contributed by atoms with E-state index in [1.165, 1.54) is 0 Å². The number of aliphatic hydroxyl groups excluding tert-OH is 1. The summed E-state index contributed by atoms with van der Waals surface area (Å²) in [5.41, 5.74) is -5.92. The molecule has 162 valence electrons. The summed E-state index contributed by atoms with van der Waals surface area (Å²) in [5, 5.41) is 9.05. The maximum atomic E-state index is 14.3. The van der Waals surface area contributed by atoms with E-state index in [2.05, 4.69) is 0 Å². The van der Waals surface area contributed by atoms with Gasteiger partial charge in [-0.25, -0.2) is 13.2 Å². The highest BCUT2D eigenvalue weighted by Crippen LogP contribution is 2.63. The number of hydrogen-bond donors (Lipinski definition) is 1. The van der Waals surface area contributed by atoms with Crippen molar-refractivity contribution >= 4 is 0 Å². The van der Waals surface area contributed by atoms with Crippen molar-refractivity contribution in [3.8, 4) is 0 Å². The summed E-state index contributed by atoms with van der Waals surface area (Å²) in [6.07, 6.45) is -17.6. The van der Waals surface area contributed by atoms with E-state index in [1.807, 2.05) is 0 Å². The minimum atomic E-state index is -7.98. The van der Waals surface area contributed by atoms with Crippen LogP contribution in [0.1, 0.15) is 19.3 Å². The molecule has 0 aromatic heterocycles. The van der Waals surface area contributed by atoms with Crippen molar-refractivity contribution in [2.75, 3.05) is 0 Å². The van der Waals surface area contributed by atoms with Crippen LogP contribution < -0.4 is 0 Å². The predicted molar refractivity (Wildman–Crippen MR) is 59.0 cm³/mol. The third kappa shape index (κ3) is 3.12. The summed E-state index contributed by atoms with van der Waals surface area (Å²) < 4.78 is 182. The third-order valence-corrected chi connectivity index (χ3v) is 4.34. The minimum absolute atomic E-state index is 0.695. The Balaban J connectivity index is 3.56. The van der Waals surface area contributed by atoms with Crippen LogP contribution in [0.5, 0.6) is 0 Å². The fourth-order valence-electron chi connectivity index (χ4n) is 2.72. The maximum absolute atomic E-state index is 14.3. The van der Waals surface area contributed by atoms with Crippen molar-refractivity contribution in [2.45, 2.75) is 67.3 Å². The maximum Gasteiger partial charge on any atom is 0.460 e. The lowest BCUT2D eigenvalue weighted by Crippen LogP contribution is -2.73. The fourth-order valence-corrected chi connectivity index (χ4v) is 2.72. The summed E-state index contributed by atoms with van der Waals surface area (Å²) in [4.78, 5) is 0. The summed E-state index contributed by atoms with van der Waals surface area (Å²) >= 11 is 0. The van der Waals surface area contributed by atoms with Gasteiger partial charge in [0.25, 0.3) is 6.43 Å². The molecule has 1 rings (SSSR count). The Labute approximate surface area is 141 Å². The van der Waals surface area contributed by atoms with Crippen molar-refractivity contribution < 1.29 is 66.6 Å². The minimum Gasteiger partial charge on any atom is -0.393 e. The van der Waals surface area contributed by atoms with E-state index in [9.17, 15) is 61.5 Å². The number of rotatable bonds is 6. The van der Waals surface area contributed by atoms with Crippen LogP contribution in [0, 0.1) is 5.92 Å². The molecular formula is C12H10F14O. The van der Waals surface area contributed by atoms with Gasteiger partial charge in [0.2, 0.25) is 5.67 Å². The molecule has 1 fully saturated rings. The van der Waals surface area contributed by atoms with Crippen molar-refractivity contribution in [2.24, 2.45) is 5.92 Å². The number of hydrogen-bond acceptors (Lipinski definition) is 1. The van der Waals surface area contributed by atoms with Crippen molar-refractivity contribution in [1.29, 1.82) is 0 Å². The summed E-state index contributed by atoms with van der Waals surface area (Å²) in [5.74, 6) is -33.9. The van der Waals surface area contributed by atoms with Gasteiger partial charge in [-0.3, -0.25) is 0 Å². The fraction of sp³-hybridized carbons (Fsp3) is 1.00. The topological polar surface area (TPSA) is 20.2 Å². The van der Waals surface area contributed by atoms with Crippen LogP contribution in [-0.2, 0) is 0 Å². The quantitative estimate of drug-likeness (QED) is 0.566. The SMILES string of the molecule is OC1CCC(C(F)(C(F)F)C(F)(F)C(F)(F)C(F)(F)C(F)(F)C(F)(F)F)C1. The second kappa shape index (κ2) is 6.51. The number of alkyl halides is 14. The summed E-state index contributed by atoms with van der Waals surface area (Å²) in [6.45, 7) is 0. The van der Waals surface area contributed by atoms with Crippen LogP contribution >= 0.6 is 0 Å². The van der Waals surface area contributed by atoms with Gasteiger partial charge < -0.3 is 5.11 Å². The van der Waals surface area contributed by atoms with E-state index >= 15 is 0 Å². The molecule has 27 heavy (non-hydrogen) atoms. The molecule has 3 atom stereocenters. The van der Waals surface area contributed by atoms with Gasteiger partial charge in [0, 0.05) is 5.92 Å². The van der Waals surface area contributed by atoms with E-state index in [4.69, 9.17) is 5.11 Å². The zero-order valence-electron chi connectivity index (χ0n) is 12.6. The Morgan fingerprint density at radius 3 is 1.33 bits per heavy atom. The van der Waals surface area contributed by atoms with E-state index in [-0.39, 0.29) is 0 Å². The van der Waals surface area contributed by atoms with Gasteiger partial charge in [0.05, 0.1) is 6.10 Å². The van der Waals surface area contributed by atoms with Crippen LogP contribution in [0.3, 0.4) is 0 Å². The van der Waals surface area contributed by atoms with Crippen LogP contribution in [0.25, 0.3) is 0 Å². The second-order valence-electron chi connectivity index (χ2n) is 6.03. The summed E-state index contributed by atoms with van der Waals surface area (Å²) in [7, 11) is 0. The van der Waals surface area contributed by atoms with Gasteiger partial charge >= 0.3 is 29.9 Å². The molecule has 1 nitrogen and oxygen atoms in total. The Hall–Kier alpha value is -1.02. The van der Waals surface area contributed by atoms with E-state index in [0.29, 0.717) is 0 Å². The Bertz CT molecular complexity index is 541. The highest BCUT2D eigenvalue weighted by molar-refractivity contribution is 5.15. The average Bonchev–Trinajstić information content (AvgIpc) is 2.90. The van der Waals surface area contributed by atoms with Gasteiger partial charge in [-0.2, -0.15) is 48.3 Å². The first-order valence-corrected chi connectivity index (χ1v) is 6.92. The smallest absolute Gasteiger partial charge is 0.393 e. The first-order chi connectivity index (χ1) is 11.7. The van der Waals surface area contributed by atoms with Crippen LogP contribution in [0.4, 0.5) is 61.5 Å². The molecular weight excluding hydrogens is 426 g/mol. The lowest BCUT2D eigenvalue weighted by atomic mass is 9.77. The molecule has 0 spiro atoms. The van der Waals surface area contributed by atoms with Gasteiger partial charge in [-0.05, 0) is 19.3 Å². The molecule has 0 amide bonds. The van der Waals surface area contributed by atoms with Gasteiger partial charge in [0.1, 0.15) is 0 Å². The number of aliphatic hydroxyl groups is 1. The van der Waals surface area contributed by atoms with Crippen LogP contribution in [0.15, 0.2) is 0 Å². The zero-order valence-corrected chi connectivity index (χ0v) is 12.6. The first-order valence-electron chi connectivity index (χ1n) is 6.92. The van der Waals surface area contributed by atoms with Crippen LogP contribution in [-0.4, -0.2) is 53.2 Å². The standard InChI is InChI=1S/C12H10F14O/c13-6(14)7(15,4-1-2-5(27)3-4)8(16,17)9(18,19)10(20,21)11(22,23)12(24,25)26/h4-6,27H,1-3H2. The molecule has 15 heteroatoms. The Morgan fingerprint density at radius 1 is 0.630 bits per heavy atom. The average molecular weight is 436 g/mol. The normalized spacial score (nSPS) is 25.8. The molecule has 0 saturated heterocycles. The first kappa shape index (κ1) is 24.0. The van der Waals surface area contributed by atoms with Gasteiger partial charge in [0.15, 0.2) is 0 Å². The molecule has 0 heterocycles. The van der Waals surface area contributed by atoms with Crippen molar-refractivity contribution in [3.05, 3.63) is 0 Å². The third-order valence-electron chi connectivity index (χ3n) is 4.34. The van der Waals surface area contributed by atoms with E-state index in [0.717, 1.165) is 0 Å². The van der Waals surface area contributed by atoms with Crippen molar-refractivity contribution in [1.82, 2.24) is 0 Å². The molecule has 1 aliphatic carbocycles. The molecule has 0 radical (unpaired) electrons. The largest absolute Gasteiger partial charge is 0.460 e. The van der Waals surface area contributed by atoms with Crippen molar-refractivity contribution in [3.63, 3.8) is 0 Å². The molecule has 0 aromatic carbocycles. The molecule has 0 aliphatic heterocycles. The lowest BCUT2D eigenvalue weighted by Gasteiger charge is -2.44. The summed E-state index contributed by atoms with van der Waals surface area (Å²) in [6, 6.07) is 0. The number of halogens is 14. The van der Waals surface area contributed by atoms with Gasteiger partial charge in [-0.15, -0.1) is 0 Å². The lowest BCUT2D eigenvalue weighted by molar-refractivity contribution is -0.439. The highest BCUT2D eigenvalue weighted by Gasteiger charge is 2.91. The molecule has 0 aromatic rings. The van der Waals surface area contributed by atoms with E-state index in [1.54, 1.807) is 0 Å². The van der Waals surface area contributed by atoms with Gasteiger partial charge in [-0.1, -0.05) is 0 Å². The molecule has 1 saturated carbocycles. The van der Waals surface area contributed by atoms with E-state index < -0.39 is 73.2 Å². The Kier molecular flexibility index (Phi) is 5.79. The zero-order chi connectivity index (χ0) is 21.9. The predicted octanol–water partition coefficient (Wildman–Crippen LogP) is 5.22. The Morgan fingerprint density at radius 2 is 1.04 bits per heavy atom. The molecule has 0 bridgehead atoms. The molecule has 1 N–H and O–H groups in total. The second-order valence-corrected chi connectivity index (χ2v) is 6.03.